The lowest BCUT2D eigenvalue weighted by atomic mass is 10.2. The molecule has 0 heterocycles. The van der Waals surface area contributed by atoms with E-state index in [0.717, 1.165) is 0 Å². The molecule has 0 unspecified atom stereocenters. The Morgan fingerprint density at radius 2 is 1.86 bits per heavy atom. The minimum absolute atomic E-state index is 0.00692. The molecule has 0 fully saturated rings. The van der Waals surface area contributed by atoms with Crippen LogP contribution in [0.5, 0.6) is 0 Å². The molecule has 0 spiro atoms. The fourth-order valence-electron chi connectivity index (χ4n) is 0.697. The van der Waals surface area contributed by atoms with Crippen molar-refractivity contribution in [1.82, 2.24) is 0 Å². The lowest BCUT2D eigenvalue weighted by molar-refractivity contribution is -0.114. The fraction of sp³-hybridized carbons (Fsp3) is 0.167. The monoisotopic (exact) mass is 190 g/mol. The van der Waals surface area contributed by atoms with Crippen molar-refractivity contribution in [3.05, 3.63) is 49.1 Å². The molecular formula is C12H14O2. The van der Waals surface area contributed by atoms with Crippen molar-refractivity contribution in [3.8, 4) is 0 Å². The summed E-state index contributed by atoms with van der Waals surface area (Å²) < 4.78 is 0. The first-order valence-corrected chi connectivity index (χ1v) is 4.32. The highest BCUT2D eigenvalue weighted by Gasteiger charge is 1.88. The predicted octanol–water partition coefficient (Wildman–Crippen LogP) is 2.39. The first-order valence-electron chi connectivity index (χ1n) is 4.32. The molecule has 0 bridgehead atoms. The number of hydrogen-bond acceptors (Lipinski definition) is 2. The van der Waals surface area contributed by atoms with E-state index in [1.165, 1.54) is 19.1 Å². The number of allylic oxidation sites excluding steroid dienone is 7. The minimum atomic E-state index is -0.00692. The molecule has 0 amide bonds. The van der Waals surface area contributed by atoms with Gasteiger partial charge in [0.1, 0.15) is 0 Å². The Labute approximate surface area is 84.3 Å². The lowest BCUT2D eigenvalue weighted by Gasteiger charge is -1.84. The van der Waals surface area contributed by atoms with Crippen LogP contribution in [0.3, 0.4) is 0 Å². The maximum absolute atomic E-state index is 11.0. The van der Waals surface area contributed by atoms with Crippen LogP contribution in [0.2, 0.25) is 0 Å². The average molecular weight is 190 g/mol. The van der Waals surface area contributed by atoms with Crippen LogP contribution in [0, 0.1) is 0 Å². The topological polar surface area (TPSA) is 34.1 Å². The summed E-state index contributed by atoms with van der Waals surface area (Å²) in [5.74, 6) is 0.00454. The summed E-state index contributed by atoms with van der Waals surface area (Å²) in [6.45, 7) is 4.93. The van der Waals surface area contributed by atoms with Crippen LogP contribution < -0.4 is 0 Å². The zero-order valence-electron chi connectivity index (χ0n) is 8.27. The fourth-order valence-corrected chi connectivity index (χ4v) is 0.697. The third-order valence-corrected chi connectivity index (χ3v) is 1.32. The van der Waals surface area contributed by atoms with Gasteiger partial charge >= 0.3 is 0 Å². The van der Waals surface area contributed by atoms with Gasteiger partial charge in [-0.2, -0.15) is 0 Å². The van der Waals surface area contributed by atoms with Gasteiger partial charge < -0.3 is 0 Å². The van der Waals surface area contributed by atoms with Gasteiger partial charge in [0.25, 0.3) is 0 Å². The van der Waals surface area contributed by atoms with Crippen molar-refractivity contribution < 1.29 is 9.59 Å². The average Bonchev–Trinajstić information content (AvgIpc) is 2.13. The smallest absolute Gasteiger partial charge is 0.159 e. The molecule has 14 heavy (non-hydrogen) atoms. The zero-order valence-corrected chi connectivity index (χ0v) is 8.27. The van der Waals surface area contributed by atoms with Crippen LogP contribution in [-0.4, -0.2) is 11.6 Å². The molecule has 0 aliphatic heterocycles. The van der Waals surface area contributed by atoms with Crippen molar-refractivity contribution in [2.75, 3.05) is 0 Å². The number of rotatable bonds is 6. The second kappa shape index (κ2) is 7.92. The van der Waals surface area contributed by atoms with Crippen molar-refractivity contribution in [3.63, 3.8) is 0 Å². The lowest BCUT2D eigenvalue weighted by Crippen LogP contribution is -1.87. The van der Waals surface area contributed by atoms with Gasteiger partial charge in [0.2, 0.25) is 0 Å². The molecule has 0 N–H and O–H groups in total. The van der Waals surface area contributed by atoms with Crippen LogP contribution >= 0.6 is 0 Å². The molecular weight excluding hydrogens is 176 g/mol. The molecule has 0 saturated heterocycles. The molecule has 0 aromatic heterocycles. The van der Waals surface area contributed by atoms with Gasteiger partial charge in [0, 0.05) is 6.42 Å². The van der Waals surface area contributed by atoms with E-state index in [2.05, 4.69) is 6.58 Å². The number of hydrogen-bond donors (Lipinski definition) is 0. The number of ketones is 2. The van der Waals surface area contributed by atoms with Crippen LogP contribution in [-0.2, 0) is 9.59 Å². The van der Waals surface area contributed by atoms with Gasteiger partial charge in [-0.05, 0) is 19.1 Å². The molecule has 2 nitrogen and oxygen atoms in total. The molecule has 2 heteroatoms. The molecule has 0 radical (unpaired) electrons. The van der Waals surface area contributed by atoms with E-state index in [1.807, 2.05) is 0 Å². The Kier molecular flexibility index (Phi) is 6.96. The summed E-state index contributed by atoms with van der Waals surface area (Å²) in [6.07, 6.45) is 11.4. The quantitative estimate of drug-likeness (QED) is 0.476. The maximum Gasteiger partial charge on any atom is 0.159 e. The SMILES string of the molecule is C=CC=CC(=O)CC=CC=CC(C)=O. The molecule has 0 atom stereocenters. The first-order chi connectivity index (χ1) is 6.66. The summed E-state index contributed by atoms with van der Waals surface area (Å²) in [5.41, 5.74) is 0. The Balaban J connectivity index is 3.82. The summed E-state index contributed by atoms with van der Waals surface area (Å²) >= 11 is 0. The van der Waals surface area contributed by atoms with Crippen molar-refractivity contribution in [2.45, 2.75) is 13.3 Å². The van der Waals surface area contributed by atoms with Crippen LogP contribution in [0.15, 0.2) is 49.1 Å². The molecule has 74 valence electrons. The summed E-state index contributed by atoms with van der Waals surface area (Å²) in [6, 6.07) is 0. The molecule has 0 rings (SSSR count). The van der Waals surface area contributed by atoms with Crippen molar-refractivity contribution in [2.24, 2.45) is 0 Å². The second-order valence-corrected chi connectivity index (χ2v) is 2.66. The summed E-state index contributed by atoms with van der Waals surface area (Å²) in [4.78, 5) is 21.5. The Bertz CT molecular complexity index is 293. The third-order valence-electron chi connectivity index (χ3n) is 1.32. The Morgan fingerprint density at radius 1 is 1.14 bits per heavy atom. The third kappa shape index (κ3) is 8.40. The van der Waals surface area contributed by atoms with Gasteiger partial charge in [-0.3, -0.25) is 9.59 Å². The predicted molar refractivity (Wildman–Crippen MR) is 57.9 cm³/mol. The molecule has 0 aromatic rings. The Hall–Kier alpha value is -1.70. The molecule has 0 aliphatic carbocycles. The second-order valence-electron chi connectivity index (χ2n) is 2.66. The Morgan fingerprint density at radius 3 is 2.43 bits per heavy atom. The van der Waals surface area contributed by atoms with Gasteiger partial charge in [-0.15, -0.1) is 0 Å². The van der Waals surface area contributed by atoms with Crippen molar-refractivity contribution >= 4 is 11.6 Å². The maximum atomic E-state index is 11.0. The normalized spacial score (nSPS) is 11.5. The highest BCUT2D eigenvalue weighted by molar-refractivity contribution is 5.91. The van der Waals surface area contributed by atoms with E-state index in [4.69, 9.17) is 0 Å². The largest absolute Gasteiger partial charge is 0.295 e. The van der Waals surface area contributed by atoms with Gasteiger partial charge in [-0.25, -0.2) is 0 Å². The zero-order chi connectivity index (χ0) is 10.8. The van der Waals surface area contributed by atoms with E-state index in [-0.39, 0.29) is 11.6 Å². The van der Waals surface area contributed by atoms with E-state index in [9.17, 15) is 9.59 Å². The highest BCUT2D eigenvalue weighted by Crippen LogP contribution is 1.89. The summed E-state index contributed by atoms with van der Waals surface area (Å²) in [5, 5.41) is 0. The standard InChI is InChI=1S/C12H14O2/c1-3-4-9-12(14)10-7-5-6-8-11(2)13/h3-9H,1,10H2,2H3. The van der Waals surface area contributed by atoms with Crippen LogP contribution in [0.25, 0.3) is 0 Å². The van der Waals surface area contributed by atoms with Crippen LogP contribution in [0.4, 0.5) is 0 Å². The number of carbonyl (C=O) groups excluding carboxylic acids is 2. The van der Waals surface area contributed by atoms with Gasteiger partial charge in [-0.1, -0.05) is 37.0 Å². The minimum Gasteiger partial charge on any atom is -0.295 e. The van der Waals surface area contributed by atoms with E-state index in [0.29, 0.717) is 6.42 Å². The van der Waals surface area contributed by atoms with Crippen LogP contribution in [0.1, 0.15) is 13.3 Å². The van der Waals surface area contributed by atoms with Gasteiger partial charge in [0.05, 0.1) is 0 Å². The van der Waals surface area contributed by atoms with Gasteiger partial charge in [0.15, 0.2) is 11.6 Å². The number of carbonyl (C=O) groups is 2. The highest BCUT2D eigenvalue weighted by atomic mass is 16.1. The van der Waals surface area contributed by atoms with Crippen molar-refractivity contribution in [1.29, 1.82) is 0 Å². The summed E-state index contributed by atoms with van der Waals surface area (Å²) in [7, 11) is 0. The van der Waals surface area contributed by atoms with E-state index < -0.39 is 0 Å². The van der Waals surface area contributed by atoms with E-state index >= 15 is 0 Å². The van der Waals surface area contributed by atoms with E-state index in [1.54, 1.807) is 30.4 Å². The molecule has 0 aliphatic rings. The molecule has 0 saturated carbocycles. The first kappa shape index (κ1) is 12.3. The molecule has 0 aromatic carbocycles.